The van der Waals surface area contributed by atoms with E-state index in [1.807, 2.05) is 0 Å². The Labute approximate surface area is 183 Å². The number of halogens is 1. The van der Waals surface area contributed by atoms with Gasteiger partial charge >= 0.3 is 0 Å². The first kappa shape index (κ1) is 22.8. The first-order chi connectivity index (χ1) is 14.0. The zero-order chi connectivity index (χ0) is 20.9. The van der Waals surface area contributed by atoms with Gasteiger partial charge in [-0.25, -0.2) is 0 Å². The van der Waals surface area contributed by atoms with Gasteiger partial charge in [0.2, 0.25) is 0 Å². The van der Waals surface area contributed by atoms with E-state index in [0.29, 0.717) is 12.0 Å². The number of hydrogen-bond acceptors (Lipinski definition) is 3. The molecule has 0 spiro atoms. The summed E-state index contributed by atoms with van der Waals surface area (Å²) in [4.78, 5) is 7.97. The third-order valence-corrected chi connectivity index (χ3v) is 7.47. The molecule has 1 saturated carbocycles. The molecule has 0 aromatic heterocycles. The van der Waals surface area contributed by atoms with Crippen LogP contribution >= 0.6 is 11.6 Å². The summed E-state index contributed by atoms with van der Waals surface area (Å²) in [6.45, 7) is 13.9. The maximum absolute atomic E-state index is 6.25. The van der Waals surface area contributed by atoms with Gasteiger partial charge in [-0.15, -0.1) is 0 Å². The van der Waals surface area contributed by atoms with E-state index in [-0.39, 0.29) is 5.54 Å². The fraction of sp³-hybridized carbons (Fsp3) is 0.680. The van der Waals surface area contributed by atoms with Gasteiger partial charge < -0.3 is 4.90 Å². The van der Waals surface area contributed by atoms with Gasteiger partial charge in [0, 0.05) is 49.3 Å². The van der Waals surface area contributed by atoms with E-state index in [1.54, 1.807) is 0 Å². The summed E-state index contributed by atoms with van der Waals surface area (Å²) >= 11 is 6.25. The van der Waals surface area contributed by atoms with Crippen molar-refractivity contribution in [3.05, 3.63) is 47.0 Å². The van der Waals surface area contributed by atoms with Crippen LogP contribution in [0.3, 0.4) is 0 Å². The molecule has 4 heteroatoms. The molecule has 1 aromatic carbocycles. The van der Waals surface area contributed by atoms with Crippen molar-refractivity contribution in [3.8, 4) is 0 Å². The average molecular weight is 418 g/mol. The van der Waals surface area contributed by atoms with Crippen LogP contribution in [-0.4, -0.2) is 67.1 Å². The summed E-state index contributed by atoms with van der Waals surface area (Å²) < 4.78 is 0. The fourth-order valence-corrected chi connectivity index (χ4v) is 5.74. The maximum atomic E-state index is 6.25. The Hall–Kier alpha value is -0.870. The van der Waals surface area contributed by atoms with E-state index in [0.717, 1.165) is 18.1 Å². The number of benzene rings is 1. The molecule has 1 aliphatic carbocycles. The predicted octanol–water partition coefficient (Wildman–Crippen LogP) is 5.26. The van der Waals surface area contributed by atoms with Crippen LogP contribution in [0.15, 0.2) is 36.4 Å². The van der Waals surface area contributed by atoms with Crippen molar-refractivity contribution in [1.82, 2.24) is 14.7 Å². The molecule has 2 aliphatic rings. The Bertz CT molecular complexity index is 651. The highest BCUT2D eigenvalue weighted by atomic mass is 35.5. The summed E-state index contributed by atoms with van der Waals surface area (Å²) in [5.74, 6) is 0.688. The number of hydrogen-bond donors (Lipinski definition) is 0. The van der Waals surface area contributed by atoms with Gasteiger partial charge in [0.15, 0.2) is 0 Å². The fourth-order valence-electron chi connectivity index (χ4n) is 5.61. The molecule has 0 radical (unpaired) electrons. The Morgan fingerprint density at radius 2 is 1.86 bits per heavy atom. The molecular weight excluding hydrogens is 378 g/mol. The van der Waals surface area contributed by atoms with Gasteiger partial charge in [-0.3, -0.25) is 9.80 Å². The number of likely N-dealkylation sites (N-methyl/N-ethyl adjacent to an activating group) is 1. The summed E-state index contributed by atoms with van der Waals surface area (Å²) in [5.41, 5.74) is 1.56. The van der Waals surface area contributed by atoms with Crippen molar-refractivity contribution in [2.45, 2.75) is 58.0 Å². The lowest BCUT2D eigenvalue weighted by Gasteiger charge is -2.53. The van der Waals surface area contributed by atoms with Crippen molar-refractivity contribution >= 4 is 11.6 Å². The predicted molar refractivity (Wildman–Crippen MR) is 126 cm³/mol. The highest BCUT2D eigenvalue weighted by Crippen LogP contribution is 2.46. The molecular formula is C25H40ClN3. The normalized spacial score (nSPS) is 29.7. The Kier molecular flexibility index (Phi) is 8.21. The molecule has 1 aromatic rings. The van der Waals surface area contributed by atoms with Crippen molar-refractivity contribution in [2.24, 2.45) is 5.92 Å². The van der Waals surface area contributed by atoms with E-state index in [9.17, 15) is 0 Å². The van der Waals surface area contributed by atoms with E-state index < -0.39 is 0 Å². The molecule has 162 valence electrons. The Morgan fingerprint density at radius 3 is 2.45 bits per heavy atom. The molecule has 2 fully saturated rings. The number of rotatable bonds is 7. The lowest BCUT2D eigenvalue weighted by molar-refractivity contribution is -0.0166. The number of allylic oxidation sites excluding steroid dienone is 1. The van der Waals surface area contributed by atoms with Crippen molar-refractivity contribution < 1.29 is 0 Å². The summed E-state index contributed by atoms with van der Waals surface area (Å²) in [6.07, 6.45) is 9.44. The summed E-state index contributed by atoms with van der Waals surface area (Å²) in [6, 6.07) is 9.44. The second-order valence-electron chi connectivity index (χ2n) is 9.18. The standard InChI is InChI=1S/C25H40ClN3/c1-5-7-15-29(14-6-2)25(22-8-10-23(26)11-9-22)13-12-24(21(3)20-25)28-18-16-27(4)17-19-28/h5,7-11,21,24H,6,12-20H2,1-4H3. The molecule has 3 rings (SSSR count). The van der Waals surface area contributed by atoms with Crippen LogP contribution in [0, 0.1) is 5.92 Å². The third-order valence-electron chi connectivity index (χ3n) is 7.22. The van der Waals surface area contributed by atoms with E-state index in [1.165, 1.54) is 57.4 Å². The topological polar surface area (TPSA) is 9.72 Å². The Morgan fingerprint density at radius 1 is 1.17 bits per heavy atom. The lowest BCUT2D eigenvalue weighted by atomic mass is 9.68. The molecule has 3 atom stereocenters. The average Bonchev–Trinajstić information content (AvgIpc) is 2.72. The monoisotopic (exact) mass is 417 g/mol. The van der Waals surface area contributed by atoms with Gasteiger partial charge in [0.25, 0.3) is 0 Å². The van der Waals surface area contributed by atoms with E-state index >= 15 is 0 Å². The SMILES string of the molecule is CC=CCN(CCC)C1(c2ccc(Cl)cc2)CCC(N2CCN(C)CC2)C(C)C1. The molecule has 3 unspecified atom stereocenters. The second kappa shape index (κ2) is 10.4. The molecule has 1 saturated heterocycles. The molecule has 1 aliphatic heterocycles. The van der Waals surface area contributed by atoms with Crippen molar-refractivity contribution in [1.29, 1.82) is 0 Å². The quantitative estimate of drug-likeness (QED) is 0.560. The summed E-state index contributed by atoms with van der Waals surface area (Å²) in [5, 5.41) is 0.832. The number of nitrogens with zero attached hydrogens (tertiary/aromatic N) is 3. The van der Waals surface area contributed by atoms with Crippen LogP contribution in [0.1, 0.15) is 52.0 Å². The third kappa shape index (κ3) is 5.25. The lowest BCUT2D eigenvalue weighted by Crippen LogP contribution is -2.57. The molecule has 1 heterocycles. The van der Waals surface area contributed by atoms with E-state index in [2.05, 4.69) is 78.9 Å². The zero-order valence-corrected chi connectivity index (χ0v) is 19.7. The highest BCUT2D eigenvalue weighted by Gasteiger charge is 2.45. The molecule has 0 bridgehead atoms. The van der Waals surface area contributed by atoms with Crippen LogP contribution in [0.5, 0.6) is 0 Å². The van der Waals surface area contributed by atoms with Crippen LogP contribution in [0.2, 0.25) is 5.02 Å². The zero-order valence-electron chi connectivity index (χ0n) is 18.9. The molecule has 3 nitrogen and oxygen atoms in total. The van der Waals surface area contributed by atoms with Gasteiger partial charge in [-0.1, -0.05) is 49.7 Å². The van der Waals surface area contributed by atoms with Gasteiger partial charge in [0.1, 0.15) is 0 Å². The van der Waals surface area contributed by atoms with Crippen LogP contribution < -0.4 is 0 Å². The maximum Gasteiger partial charge on any atom is 0.0467 e. The highest BCUT2D eigenvalue weighted by molar-refractivity contribution is 6.30. The van der Waals surface area contributed by atoms with Crippen molar-refractivity contribution in [3.63, 3.8) is 0 Å². The first-order valence-corrected chi connectivity index (χ1v) is 11.9. The summed E-state index contributed by atoms with van der Waals surface area (Å²) in [7, 11) is 2.25. The minimum Gasteiger partial charge on any atom is -0.304 e. The van der Waals surface area contributed by atoms with Gasteiger partial charge in [-0.2, -0.15) is 0 Å². The minimum atomic E-state index is 0.114. The van der Waals surface area contributed by atoms with E-state index in [4.69, 9.17) is 11.6 Å². The Balaban J connectivity index is 1.87. The first-order valence-electron chi connectivity index (χ1n) is 11.5. The minimum absolute atomic E-state index is 0.114. The van der Waals surface area contributed by atoms with Crippen molar-refractivity contribution in [2.75, 3.05) is 46.3 Å². The molecule has 29 heavy (non-hydrogen) atoms. The second-order valence-corrected chi connectivity index (χ2v) is 9.62. The molecule has 0 N–H and O–H groups in total. The van der Waals surface area contributed by atoms with Crippen LogP contribution in [-0.2, 0) is 5.54 Å². The largest absolute Gasteiger partial charge is 0.304 e. The van der Waals surface area contributed by atoms with Crippen LogP contribution in [0.4, 0.5) is 0 Å². The van der Waals surface area contributed by atoms with Crippen LogP contribution in [0.25, 0.3) is 0 Å². The van der Waals surface area contributed by atoms with Gasteiger partial charge in [0.05, 0.1) is 0 Å². The molecule has 0 amide bonds. The smallest absolute Gasteiger partial charge is 0.0467 e. The number of piperazine rings is 1. The van der Waals surface area contributed by atoms with Gasteiger partial charge in [-0.05, 0) is 69.8 Å².